The summed E-state index contributed by atoms with van der Waals surface area (Å²) >= 11 is 0. The second kappa shape index (κ2) is 6.24. The van der Waals surface area contributed by atoms with Crippen molar-refractivity contribution in [3.05, 3.63) is 53.6 Å². The van der Waals surface area contributed by atoms with Gasteiger partial charge in [-0.1, -0.05) is 32.1 Å². The molecule has 0 heterocycles. The molecule has 0 aliphatic heterocycles. The van der Waals surface area contributed by atoms with Gasteiger partial charge in [-0.25, -0.2) is 0 Å². The number of hydrogen-bond donors (Lipinski definition) is 0. The first-order valence-corrected chi connectivity index (χ1v) is 6.78. The first-order chi connectivity index (χ1) is 9.22. The Labute approximate surface area is 115 Å². The van der Waals surface area contributed by atoms with Crippen molar-refractivity contribution in [1.82, 2.24) is 0 Å². The highest BCUT2D eigenvalue weighted by Crippen LogP contribution is 2.24. The van der Waals surface area contributed by atoms with Crippen molar-refractivity contribution in [3.8, 4) is 11.8 Å². The van der Waals surface area contributed by atoms with Crippen molar-refractivity contribution < 1.29 is 4.74 Å². The summed E-state index contributed by atoms with van der Waals surface area (Å²) in [4.78, 5) is 0. The monoisotopic (exact) mass is 253 g/mol. The van der Waals surface area contributed by atoms with E-state index < -0.39 is 0 Å². The molecule has 0 bridgehead atoms. The fourth-order valence-corrected chi connectivity index (χ4v) is 2.08. The maximum atomic E-state index is 8.78. The molecule has 0 amide bonds. The van der Waals surface area contributed by atoms with Crippen LogP contribution in [0, 0.1) is 11.3 Å². The van der Waals surface area contributed by atoms with Gasteiger partial charge in [-0.15, -0.1) is 0 Å². The summed E-state index contributed by atoms with van der Waals surface area (Å²) in [6.45, 7) is 4.41. The molecule has 2 atom stereocenters. The van der Waals surface area contributed by atoms with Gasteiger partial charge in [-0.2, -0.15) is 5.26 Å². The normalized spacial score (nSPS) is 19.4. The van der Waals surface area contributed by atoms with Crippen molar-refractivity contribution in [2.75, 3.05) is 0 Å². The molecule has 2 nitrogen and oxygen atoms in total. The van der Waals surface area contributed by atoms with Crippen LogP contribution in [0.2, 0.25) is 0 Å². The number of nitrogens with zero attached hydrogens (tertiary/aromatic N) is 1. The number of ether oxygens (including phenoxy) is 1. The molecule has 2 unspecified atom stereocenters. The summed E-state index contributed by atoms with van der Waals surface area (Å²) in [5.74, 6) is 1.46. The predicted molar refractivity (Wildman–Crippen MR) is 77.0 cm³/mol. The molecule has 0 fully saturated rings. The lowest BCUT2D eigenvalue weighted by Gasteiger charge is -2.18. The van der Waals surface area contributed by atoms with Crippen LogP contribution in [0.15, 0.2) is 48.1 Å². The van der Waals surface area contributed by atoms with Crippen LogP contribution in [0.5, 0.6) is 5.75 Å². The quantitative estimate of drug-likeness (QED) is 0.798. The third-order valence-electron chi connectivity index (χ3n) is 3.52. The van der Waals surface area contributed by atoms with Crippen LogP contribution in [-0.4, -0.2) is 6.10 Å². The first-order valence-electron chi connectivity index (χ1n) is 6.78. The van der Waals surface area contributed by atoms with E-state index in [-0.39, 0.29) is 6.10 Å². The molecule has 98 valence electrons. The van der Waals surface area contributed by atoms with Gasteiger partial charge in [0.1, 0.15) is 11.9 Å². The molecule has 0 N–H and O–H groups in total. The van der Waals surface area contributed by atoms with E-state index in [0.29, 0.717) is 11.5 Å². The highest BCUT2D eigenvalue weighted by Gasteiger charge is 2.11. The largest absolute Gasteiger partial charge is 0.486 e. The number of hydrogen-bond acceptors (Lipinski definition) is 2. The summed E-state index contributed by atoms with van der Waals surface area (Å²) in [5, 5.41) is 8.78. The Bertz CT molecular complexity index is 536. The van der Waals surface area contributed by atoms with E-state index in [1.54, 1.807) is 0 Å². The van der Waals surface area contributed by atoms with E-state index in [1.165, 1.54) is 5.56 Å². The molecule has 2 rings (SSSR count). The van der Waals surface area contributed by atoms with E-state index in [9.17, 15) is 0 Å². The topological polar surface area (TPSA) is 33.0 Å². The van der Waals surface area contributed by atoms with Gasteiger partial charge in [0.2, 0.25) is 0 Å². The Morgan fingerprint density at radius 2 is 2.32 bits per heavy atom. The van der Waals surface area contributed by atoms with Crippen LogP contribution in [0.25, 0.3) is 0 Å². The van der Waals surface area contributed by atoms with Crippen molar-refractivity contribution in [2.24, 2.45) is 0 Å². The molecule has 0 saturated heterocycles. The minimum atomic E-state index is 0.0317. The zero-order valence-electron chi connectivity index (χ0n) is 11.5. The average Bonchev–Trinajstić information content (AvgIpc) is 2.47. The van der Waals surface area contributed by atoms with Crippen molar-refractivity contribution in [3.63, 3.8) is 0 Å². The smallest absolute Gasteiger partial charge is 0.121 e. The Morgan fingerprint density at radius 3 is 2.95 bits per heavy atom. The SMILES string of the molecule is CCC(C)c1cccc(OC2C=CC(C#N)=CC2)c1. The molecular weight excluding hydrogens is 234 g/mol. The second-order valence-electron chi connectivity index (χ2n) is 4.90. The van der Waals surface area contributed by atoms with Gasteiger partial charge < -0.3 is 4.74 Å². The highest BCUT2D eigenvalue weighted by molar-refractivity contribution is 5.37. The Kier molecular flexibility index (Phi) is 4.41. The maximum absolute atomic E-state index is 8.78. The third-order valence-corrected chi connectivity index (χ3v) is 3.52. The van der Waals surface area contributed by atoms with Gasteiger partial charge in [0, 0.05) is 12.0 Å². The van der Waals surface area contributed by atoms with Gasteiger partial charge in [0.15, 0.2) is 0 Å². The molecule has 19 heavy (non-hydrogen) atoms. The minimum Gasteiger partial charge on any atom is -0.486 e. The highest BCUT2D eigenvalue weighted by atomic mass is 16.5. The van der Waals surface area contributed by atoms with Crippen LogP contribution in [0.1, 0.15) is 38.2 Å². The number of nitriles is 1. The fraction of sp³-hybridized carbons (Fsp3) is 0.353. The number of benzene rings is 1. The number of allylic oxidation sites excluding steroid dienone is 2. The molecule has 0 radical (unpaired) electrons. The van der Waals surface area contributed by atoms with Crippen molar-refractivity contribution in [1.29, 1.82) is 5.26 Å². The molecule has 0 spiro atoms. The Morgan fingerprint density at radius 1 is 1.47 bits per heavy atom. The summed E-state index contributed by atoms with van der Waals surface area (Å²) in [6, 6.07) is 10.4. The zero-order chi connectivity index (χ0) is 13.7. The van der Waals surface area contributed by atoms with Crippen LogP contribution < -0.4 is 4.74 Å². The molecular formula is C17H19NO. The Hall–Kier alpha value is -2.01. The summed E-state index contributed by atoms with van der Waals surface area (Å²) in [6.07, 6.45) is 7.61. The van der Waals surface area contributed by atoms with Gasteiger partial charge in [-0.05, 0) is 42.2 Å². The second-order valence-corrected chi connectivity index (χ2v) is 4.90. The molecule has 1 aromatic rings. The van der Waals surface area contributed by atoms with Crippen molar-refractivity contribution >= 4 is 0 Å². The van der Waals surface area contributed by atoms with Crippen LogP contribution in [-0.2, 0) is 0 Å². The third kappa shape index (κ3) is 3.48. The van der Waals surface area contributed by atoms with E-state index in [0.717, 1.165) is 18.6 Å². The van der Waals surface area contributed by atoms with E-state index >= 15 is 0 Å². The lowest BCUT2D eigenvalue weighted by molar-refractivity contribution is 0.251. The van der Waals surface area contributed by atoms with Crippen LogP contribution >= 0.6 is 0 Å². The van der Waals surface area contributed by atoms with E-state index in [1.807, 2.05) is 30.4 Å². The first kappa shape index (κ1) is 13.4. The van der Waals surface area contributed by atoms with Crippen LogP contribution in [0.4, 0.5) is 0 Å². The van der Waals surface area contributed by atoms with Gasteiger partial charge in [0.25, 0.3) is 0 Å². The average molecular weight is 253 g/mol. The summed E-state index contributed by atoms with van der Waals surface area (Å²) < 4.78 is 5.94. The standard InChI is InChI=1S/C17H19NO/c1-3-13(2)15-5-4-6-17(11-15)19-16-9-7-14(12-18)8-10-16/h4-9,11,13,16H,3,10H2,1-2H3. The van der Waals surface area contributed by atoms with E-state index in [2.05, 4.69) is 32.0 Å². The van der Waals surface area contributed by atoms with Crippen molar-refractivity contribution in [2.45, 2.75) is 38.7 Å². The molecule has 1 aliphatic carbocycles. The summed E-state index contributed by atoms with van der Waals surface area (Å²) in [7, 11) is 0. The maximum Gasteiger partial charge on any atom is 0.121 e. The minimum absolute atomic E-state index is 0.0317. The lowest BCUT2D eigenvalue weighted by atomic mass is 9.98. The Balaban J connectivity index is 2.03. The van der Waals surface area contributed by atoms with Gasteiger partial charge in [0.05, 0.1) is 6.07 Å². The molecule has 1 aliphatic rings. The van der Waals surface area contributed by atoms with Gasteiger partial charge in [-0.3, -0.25) is 0 Å². The molecule has 0 aromatic heterocycles. The molecule has 1 aromatic carbocycles. The van der Waals surface area contributed by atoms with Gasteiger partial charge >= 0.3 is 0 Å². The van der Waals surface area contributed by atoms with Crippen LogP contribution in [0.3, 0.4) is 0 Å². The predicted octanol–water partition coefficient (Wildman–Crippen LogP) is 4.36. The molecule has 2 heteroatoms. The lowest BCUT2D eigenvalue weighted by Crippen LogP contribution is -2.14. The van der Waals surface area contributed by atoms with E-state index in [4.69, 9.17) is 10.00 Å². The number of rotatable bonds is 4. The summed E-state index contributed by atoms with van der Waals surface area (Å²) in [5.41, 5.74) is 2.03. The zero-order valence-corrected chi connectivity index (χ0v) is 11.5. The fourth-order valence-electron chi connectivity index (χ4n) is 2.08. The molecule has 0 saturated carbocycles.